The van der Waals surface area contributed by atoms with E-state index in [1.54, 1.807) is 12.1 Å². The van der Waals surface area contributed by atoms with Gasteiger partial charge in [-0.2, -0.15) is 0 Å². The molecule has 0 saturated carbocycles. The topological polar surface area (TPSA) is 46.2 Å². The van der Waals surface area contributed by atoms with Gasteiger partial charge in [0.25, 0.3) is 0 Å². The highest BCUT2D eigenvalue weighted by Crippen LogP contribution is 2.11. The van der Waals surface area contributed by atoms with Gasteiger partial charge in [0.2, 0.25) is 5.91 Å². The SMILES string of the molecule is CCCc1ccc(C(=O)CCC(=O)NCc2ccc(Cl)cc2)cc1. The van der Waals surface area contributed by atoms with Crippen LogP contribution in [0.4, 0.5) is 0 Å². The van der Waals surface area contributed by atoms with Crippen LogP contribution in [0, 0.1) is 0 Å². The smallest absolute Gasteiger partial charge is 0.220 e. The fraction of sp³-hybridized carbons (Fsp3) is 0.300. The van der Waals surface area contributed by atoms with Gasteiger partial charge in [0, 0.05) is 30.0 Å². The maximum absolute atomic E-state index is 12.1. The molecule has 0 heterocycles. The predicted octanol–water partition coefficient (Wildman–Crippen LogP) is 4.57. The Morgan fingerprint density at radius 3 is 2.17 bits per heavy atom. The molecule has 2 rings (SSSR count). The van der Waals surface area contributed by atoms with E-state index >= 15 is 0 Å². The van der Waals surface area contributed by atoms with Crippen molar-refractivity contribution in [3.8, 4) is 0 Å². The van der Waals surface area contributed by atoms with E-state index in [0.717, 1.165) is 18.4 Å². The summed E-state index contributed by atoms with van der Waals surface area (Å²) >= 11 is 5.82. The van der Waals surface area contributed by atoms with Gasteiger partial charge < -0.3 is 5.32 Å². The zero-order valence-corrected chi connectivity index (χ0v) is 14.6. The Hall–Kier alpha value is -2.13. The van der Waals surface area contributed by atoms with Crippen molar-refractivity contribution < 1.29 is 9.59 Å². The second kappa shape index (κ2) is 9.24. The first kappa shape index (κ1) is 18.2. The number of halogens is 1. The van der Waals surface area contributed by atoms with Gasteiger partial charge in [-0.3, -0.25) is 9.59 Å². The average molecular weight is 344 g/mol. The molecule has 126 valence electrons. The molecule has 4 heteroatoms. The molecule has 2 aromatic rings. The third-order valence-electron chi connectivity index (χ3n) is 3.80. The monoisotopic (exact) mass is 343 g/mol. The molecule has 0 unspecified atom stereocenters. The van der Waals surface area contributed by atoms with Crippen LogP contribution in [0.15, 0.2) is 48.5 Å². The molecule has 0 saturated heterocycles. The van der Waals surface area contributed by atoms with Crippen LogP contribution in [-0.2, 0) is 17.8 Å². The van der Waals surface area contributed by atoms with E-state index in [1.807, 2.05) is 36.4 Å². The van der Waals surface area contributed by atoms with Crippen molar-refractivity contribution in [3.63, 3.8) is 0 Å². The maximum atomic E-state index is 12.1. The molecule has 24 heavy (non-hydrogen) atoms. The molecule has 0 aliphatic carbocycles. The fourth-order valence-corrected chi connectivity index (χ4v) is 2.53. The van der Waals surface area contributed by atoms with Crippen LogP contribution in [-0.4, -0.2) is 11.7 Å². The lowest BCUT2D eigenvalue weighted by molar-refractivity contribution is -0.121. The van der Waals surface area contributed by atoms with Crippen LogP contribution in [0.25, 0.3) is 0 Å². The Morgan fingerprint density at radius 2 is 1.54 bits per heavy atom. The Labute approximate surface area is 148 Å². The summed E-state index contributed by atoms with van der Waals surface area (Å²) in [5.41, 5.74) is 2.88. The molecule has 2 aromatic carbocycles. The summed E-state index contributed by atoms with van der Waals surface area (Å²) in [6, 6.07) is 15.0. The lowest BCUT2D eigenvalue weighted by Gasteiger charge is -2.06. The molecule has 0 aromatic heterocycles. The summed E-state index contributed by atoms with van der Waals surface area (Å²) in [5.74, 6) is -0.124. The van der Waals surface area contributed by atoms with Crippen molar-refractivity contribution in [2.24, 2.45) is 0 Å². The largest absolute Gasteiger partial charge is 0.352 e. The zero-order valence-electron chi connectivity index (χ0n) is 13.8. The lowest BCUT2D eigenvalue weighted by atomic mass is 10.0. The van der Waals surface area contributed by atoms with Crippen molar-refractivity contribution in [2.45, 2.75) is 39.2 Å². The van der Waals surface area contributed by atoms with Gasteiger partial charge in [-0.15, -0.1) is 0 Å². The van der Waals surface area contributed by atoms with Crippen molar-refractivity contribution in [2.75, 3.05) is 0 Å². The number of carbonyl (C=O) groups excluding carboxylic acids is 2. The molecular weight excluding hydrogens is 322 g/mol. The highest BCUT2D eigenvalue weighted by Gasteiger charge is 2.09. The molecule has 3 nitrogen and oxygen atoms in total. The van der Waals surface area contributed by atoms with E-state index in [4.69, 9.17) is 11.6 Å². The van der Waals surface area contributed by atoms with Crippen molar-refractivity contribution in [3.05, 3.63) is 70.2 Å². The highest BCUT2D eigenvalue weighted by molar-refractivity contribution is 6.30. The van der Waals surface area contributed by atoms with Gasteiger partial charge in [-0.25, -0.2) is 0 Å². The molecule has 1 amide bonds. The second-order valence-electron chi connectivity index (χ2n) is 5.77. The number of aryl methyl sites for hydroxylation is 1. The molecule has 0 aliphatic rings. The molecule has 0 spiro atoms. The summed E-state index contributed by atoms with van der Waals surface area (Å²) in [4.78, 5) is 24.0. The van der Waals surface area contributed by atoms with Gasteiger partial charge in [0.15, 0.2) is 5.78 Å². The number of hydrogen-bond donors (Lipinski definition) is 1. The molecule has 0 aliphatic heterocycles. The van der Waals surface area contributed by atoms with Crippen molar-refractivity contribution in [1.82, 2.24) is 5.32 Å². The van der Waals surface area contributed by atoms with Crippen molar-refractivity contribution in [1.29, 1.82) is 0 Å². The average Bonchev–Trinajstić information content (AvgIpc) is 2.60. The number of Topliss-reactive ketones (excluding diaryl/α,β-unsaturated/α-hetero) is 1. The van der Waals surface area contributed by atoms with E-state index in [2.05, 4.69) is 12.2 Å². The minimum atomic E-state index is -0.124. The van der Waals surface area contributed by atoms with Crippen molar-refractivity contribution >= 4 is 23.3 Å². The maximum Gasteiger partial charge on any atom is 0.220 e. The highest BCUT2D eigenvalue weighted by atomic mass is 35.5. The molecule has 0 atom stereocenters. The first-order valence-electron chi connectivity index (χ1n) is 8.21. The zero-order chi connectivity index (χ0) is 17.4. The van der Waals surface area contributed by atoms with E-state index in [1.165, 1.54) is 5.56 Å². The summed E-state index contributed by atoms with van der Waals surface area (Å²) < 4.78 is 0. The lowest BCUT2D eigenvalue weighted by Crippen LogP contribution is -2.23. The van der Waals surface area contributed by atoms with Gasteiger partial charge in [-0.05, 0) is 29.7 Å². The summed E-state index contributed by atoms with van der Waals surface area (Å²) in [5, 5.41) is 3.48. The minimum Gasteiger partial charge on any atom is -0.352 e. The van der Waals surface area contributed by atoms with E-state index in [9.17, 15) is 9.59 Å². The standard InChI is InChI=1S/C20H22ClNO2/c1-2-3-15-4-8-17(9-5-15)19(23)12-13-20(24)22-14-16-6-10-18(21)11-7-16/h4-11H,2-3,12-14H2,1H3,(H,22,24). The Bertz CT molecular complexity index is 678. The first-order valence-corrected chi connectivity index (χ1v) is 8.59. The number of benzene rings is 2. The van der Waals surface area contributed by atoms with Gasteiger partial charge in [0.05, 0.1) is 0 Å². The van der Waals surface area contributed by atoms with Gasteiger partial charge >= 0.3 is 0 Å². The molecule has 1 N–H and O–H groups in total. The minimum absolute atomic E-state index is 0.000286. The Morgan fingerprint density at radius 1 is 0.917 bits per heavy atom. The predicted molar refractivity (Wildman–Crippen MR) is 97.3 cm³/mol. The van der Waals surface area contributed by atoms with E-state index < -0.39 is 0 Å². The number of rotatable bonds is 8. The fourth-order valence-electron chi connectivity index (χ4n) is 2.41. The van der Waals surface area contributed by atoms with Gasteiger partial charge in [-0.1, -0.05) is 61.3 Å². The number of nitrogens with one attached hydrogen (secondary N) is 1. The van der Waals surface area contributed by atoms with Crippen LogP contribution in [0.1, 0.15) is 47.7 Å². The number of carbonyl (C=O) groups is 2. The molecule has 0 bridgehead atoms. The number of amides is 1. The molecule has 0 fully saturated rings. The van der Waals surface area contributed by atoms with Gasteiger partial charge in [0.1, 0.15) is 0 Å². The normalized spacial score (nSPS) is 10.4. The van der Waals surface area contributed by atoms with E-state index in [0.29, 0.717) is 17.1 Å². The summed E-state index contributed by atoms with van der Waals surface area (Å²) in [6.07, 6.45) is 2.52. The molecule has 0 radical (unpaired) electrons. The van der Waals surface area contributed by atoms with Crippen LogP contribution < -0.4 is 5.32 Å². The summed E-state index contributed by atoms with van der Waals surface area (Å²) in [7, 11) is 0. The summed E-state index contributed by atoms with van der Waals surface area (Å²) in [6.45, 7) is 2.57. The number of hydrogen-bond acceptors (Lipinski definition) is 2. The molecular formula is C20H22ClNO2. The van der Waals surface area contributed by atoms with Crippen LogP contribution in [0.2, 0.25) is 5.02 Å². The Balaban J connectivity index is 1.76. The third kappa shape index (κ3) is 5.82. The quantitative estimate of drug-likeness (QED) is 0.713. The van der Waals surface area contributed by atoms with Crippen LogP contribution >= 0.6 is 11.6 Å². The third-order valence-corrected chi connectivity index (χ3v) is 4.05. The Kier molecular flexibility index (Phi) is 7.01. The van der Waals surface area contributed by atoms with Crippen LogP contribution in [0.3, 0.4) is 0 Å². The second-order valence-corrected chi connectivity index (χ2v) is 6.21. The number of ketones is 1. The van der Waals surface area contributed by atoms with Crippen LogP contribution in [0.5, 0.6) is 0 Å². The first-order chi connectivity index (χ1) is 11.6. The van der Waals surface area contributed by atoms with E-state index in [-0.39, 0.29) is 24.5 Å².